The van der Waals surface area contributed by atoms with Gasteiger partial charge in [0.1, 0.15) is 0 Å². The molecule has 0 amide bonds. The van der Waals surface area contributed by atoms with Crippen molar-refractivity contribution < 1.29 is 0 Å². The van der Waals surface area contributed by atoms with Gasteiger partial charge in [0.2, 0.25) is 0 Å². The first-order chi connectivity index (χ1) is 5.57. The van der Waals surface area contributed by atoms with Gasteiger partial charge >= 0.3 is 0 Å². The van der Waals surface area contributed by atoms with Crippen LogP contribution in [0.2, 0.25) is 0 Å². The number of nitrogens with zero attached hydrogens (tertiary/aromatic N) is 1. The molecule has 0 spiro atoms. The number of fused-ring (bicyclic) bond motifs is 1. The summed E-state index contributed by atoms with van der Waals surface area (Å²) in [7, 11) is 0. The molecule has 0 aliphatic carbocycles. The van der Waals surface area contributed by atoms with Gasteiger partial charge in [-0.25, -0.2) is 0 Å². The molecular formula is C9H12N2S. The van der Waals surface area contributed by atoms with Crippen LogP contribution in [0, 0.1) is 0 Å². The lowest BCUT2D eigenvalue weighted by Crippen LogP contribution is -2.07. The first-order valence-corrected chi connectivity index (χ1v) is 4.82. The van der Waals surface area contributed by atoms with Crippen LogP contribution in [-0.2, 0) is 5.41 Å². The van der Waals surface area contributed by atoms with Crippen LogP contribution < -0.4 is 0 Å². The van der Waals surface area contributed by atoms with Crippen LogP contribution in [0.1, 0.15) is 25.6 Å². The van der Waals surface area contributed by atoms with Crippen LogP contribution in [0.25, 0.3) is 10.2 Å². The average Bonchev–Trinajstić information content (AvgIpc) is 2.37. The second-order valence-electron chi connectivity index (χ2n) is 4.01. The number of hydrogen-bond acceptors (Lipinski definition) is 2. The van der Waals surface area contributed by atoms with Gasteiger partial charge in [-0.1, -0.05) is 20.8 Å². The molecule has 0 atom stereocenters. The standard InChI is InChI=1S/C9H12N2S/c1-9(2,3)8-4-6-7(12-8)5-10-11-6/h4-5H,1-3H3,(H,10,11). The molecule has 2 aromatic rings. The van der Waals surface area contributed by atoms with Crippen molar-refractivity contribution in [1.82, 2.24) is 10.2 Å². The molecule has 2 rings (SSSR count). The molecule has 0 fully saturated rings. The molecule has 12 heavy (non-hydrogen) atoms. The van der Waals surface area contributed by atoms with Crippen LogP contribution in [0.4, 0.5) is 0 Å². The van der Waals surface area contributed by atoms with E-state index in [0.29, 0.717) is 0 Å². The topological polar surface area (TPSA) is 28.7 Å². The Kier molecular flexibility index (Phi) is 1.51. The number of hydrogen-bond donors (Lipinski definition) is 1. The Morgan fingerprint density at radius 3 is 2.75 bits per heavy atom. The van der Waals surface area contributed by atoms with E-state index < -0.39 is 0 Å². The van der Waals surface area contributed by atoms with Crippen molar-refractivity contribution in [3.63, 3.8) is 0 Å². The molecule has 2 heterocycles. The Morgan fingerprint density at radius 1 is 1.42 bits per heavy atom. The maximum absolute atomic E-state index is 3.97. The normalized spacial score (nSPS) is 12.6. The van der Waals surface area contributed by atoms with Crippen molar-refractivity contribution >= 4 is 21.6 Å². The third-order valence-electron chi connectivity index (χ3n) is 1.87. The maximum Gasteiger partial charge on any atom is 0.0761 e. The summed E-state index contributed by atoms with van der Waals surface area (Å²) in [6, 6.07) is 2.19. The Morgan fingerprint density at radius 2 is 2.17 bits per heavy atom. The lowest BCUT2D eigenvalue weighted by atomic mass is 9.95. The van der Waals surface area contributed by atoms with Gasteiger partial charge in [-0.2, -0.15) is 5.10 Å². The Balaban J connectivity index is 2.59. The average molecular weight is 180 g/mol. The van der Waals surface area contributed by atoms with E-state index in [1.54, 1.807) is 0 Å². The molecule has 0 aromatic carbocycles. The third kappa shape index (κ3) is 1.14. The summed E-state index contributed by atoms with van der Waals surface area (Å²) < 4.78 is 1.25. The van der Waals surface area contributed by atoms with E-state index >= 15 is 0 Å². The fourth-order valence-electron chi connectivity index (χ4n) is 1.12. The fraction of sp³-hybridized carbons (Fsp3) is 0.444. The van der Waals surface area contributed by atoms with Crippen molar-refractivity contribution in [3.8, 4) is 0 Å². The summed E-state index contributed by atoms with van der Waals surface area (Å²) in [6.45, 7) is 6.68. The highest BCUT2D eigenvalue weighted by Crippen LogP contribution is 2.32. The molecule has 2 nitrogen and oxygen atoms in total. The predicted octanol–water partition coefficient (Wildman–Crippen LogP) is 2.92. The SMILES string of the molecule is CC(C)(C)c1cc2[nH]ncc2s1. The minimum absolute atomic E-state index is 0.254. The molecule has 0 radical (unpaired) electrons. The molecular weight excluding hydrogens is 168 g/mol. The Hall–Kier alpha value is -0.830. The van der Waals surface area contributed by atoms with Gasteiger partial charge in [0.15, 0.2) is 0 Å². The number of H-pyrrole nitrogens is 1. The number of rotatable bonds is 0. The van der Waals surface area contributed by atoms with Crippen molar-refractivity contribution in [2.75, 3.05) is 0 Å². The summed E-state index contributed by atoms with van der Waals surface area (Å²) in [5, 5.41) is 6.94. The van der Waals surface area contributed by atoms with Gasteiger partial charge in [0, 0.05) is 4.88 Å². The zero-order valence-electron chi connectivity index (χ0n) is 7.51. The molecule has 0 saturated heterocycles. The van der Waals surface area contributed by atoms with Crippen LogP contribution in [0.15, 0.2) is 12.3 Å². The molecule has 64 valence electrons. The van der Waals surface area contributed by atoms with Crippen molar-refractivity contribution in [2.24, 2.45) is 0 Å². The van der Waals surface area contributed by atoms with Gasteiger partial charge < -0.3 is 0 Å². The number of nitrogens with one attached hydrogen (secondary N) is 1. The lowest BCUT2D eigenvalue weighted by molar-refractivity contribution is 0.604. The second-order valence-corrected chi connectivity index (χ2v) is 5.09. The lowest BCUT2D eigenvalue weighted by Gasteiger charge is -2.14. The van der Waals surface area contributed by atoms with E-state index in [0.717, 1.165) is 5.52 Å². The van der Waals surface area contributed by atoms with E-state index in [1.807, 2.05) is 17.5 Å². The maximum atomic E-state index is 3.97. The highest BCUT2D eigenvalue weighted by Gasteiger charge is 2.16. The fourth-order valence-corrected chi connectivity index (χ4v) is 2.16. The van der Waals surface area contributed by atoms with E-state index in [-0.39, 0.29) is 5.41 Å². The molecule has 0 bridgehead atoms. The summed E-state index contributed by atoms with van der Waals surface area (Å²) in [5.41, 5.74) is 1.41. The molecule has 3 heteroatoms. The van der Waals surface area contributed by atoms with Crippen molar-refractivity contribution in [2.45, 2.75) is 26.2 Å². The number of aromatic amines is 1. The zero-order chi connectivity index (χ0) is 8.77. The quantitative estimate of drug-likeness (QED) is 0.663. The van der Waals surface area contributed by atoms with E-state index in [1.165, 1.54) is 9.58 Å². The largest absolute Gasteiger partial charge is 0.277 e. The molecule has 2 aromatic heterocycles. The van der Waals surface area contributed by atoms with Crippen LogP contribution in [0.5, 0.6) is 0 Å². The van der Waals surface area contributed by atoms with Gasteiger partial charge in [-0.05, 0) is 11.5 Å². The molecule has 0 aliphatic heterocycles. The summed E-state index contributed by atoms with van der Waals surface area (Å²) in [5.74, 6) is 0. The molecule has 0 unspecified atom stereocenters. The van der Waals surface area contributed by atoms with Gasteiger partial charge in [0.25, 0.3) is 0 Å². The van der Waals surface area contributed by atoms with Crippen molar-refractivity contribution in [1.29, 1.82) is 0 Å². The highest BCUT2D eigenvalue weighted by atomic mass is 32.1. The van der Waals surface area contributed by atoms with Gasteiger partial charge in [-0.15, -0.1) is 11.3 Å². The summed E-state index contributed by atoms with van der Waals surface area (Å²) in [6.07, 6.45) is 1.88. The van der Waals surface area contributed by atoms with E-state index in [4.69, 9.17) is 0 Å². The first kappa shape index (κ1) is 7.80. The predicted molar refractivity (Wildman–Crippen MR) is 52.7 cm³/mol. The Bertz CT molecular complexity index is 363. The zero-order valence-corrected chi connectivity index (χ0v) is 8.33. The van der Waals surface area contributed by atoms with Crippen LogP contribution >= 0.6 is 11.3 Å². The first-order valence-electron chi connectivity index (χ1n) is 4.01. The van der Waals surface area contributed by atoms with Gasteiger partial charge in [0.05, 0.1) is 16.4 Å². The molecule has 0 aliphatic rings. The second kappa shape index (κ2) is 2.33. The smallest absolute Gasteiger partial charge is 0.0761 e. The van der Waals surface area contributed by atoms with Crippen LogP contribution in [0.3, 0.4) is 0 Å². The van der Waals surface area contributed by atoms with E-state index in [2.05, 4.69) is 37.0 Å². The third-order valence-corrected chi connectivity index (χ3v) is 3.36. The monoisotopic (exact) mass is 180 g/mol. The van der Waals surface area contributed by atoms with Crippen LogP contribution in [-0.4, -0.2) is 10.2 Å². The molecule has 0 saturated carbocycles. The van der Waals surface area contributed by atoms with Crippen molar-refractivity contribution in [3.05, 3.63) is 17.1 Å². The minimum Gasteiger partial charge on any atom is -0.277 e. The number of aromatic nitrogens is 2. The van der Waals surface area contributed by atoms with E-state index in [9.17, 15) is 0 Å². The highest BCUT2D eigenvalue weighted by molar-refractivity contribution is 7.19. The number of thiophene rings is 1. The van der Waals surface area contributed by atoms with Gasteiger partial charge in [-0.3, -0.25) is 5.10 Å². The summed E-state index contributed by atoms with van der Waals surface area (Å²) in [4.78, 5) is 1.41. The minimum atomic E-state index is 0.254. The summed E-state index contributed by atoms with van der Waals surface area (Å²) >= 11 is 1.82. The Labute approximate surface area is 75.6 Å². The molecule has 1 N–H and O–H groups in total.